The Bertz CT molecular complexity index is 797. The maximum Gasteiger partial charge on any atom is 0.192 e. The Labute approximate surface area is 182 Å². The highest BCUT2D eigenvalue weighted by atomic mass is 28.4. The van der Waals surface area contributed by atoms with E-state index in [9.17, 15) is 4.79 Å². The lowest BCUT2D eigenvalue weighted by atomic mass is 9.69. The second-order valence-corrected chi connectivity index (χ2v) is 15.5. The van der Waals surface area contributed by atoms with Crippen LogP contribution >= 0.6 is 0 Å². The molecular formula is C25H36O4Si. The smallest absolute Gasteiger partial charge is 0.192 e. The van der Waals surface area contributed by atoms with Crippen LogP contribution in [-0.2, 0) is 25.3 Å². The summed E-state index contributed by atoms with van der Waals surface area (Å²) in [6.07, 6.45) is 6.57. The predicted octanol–water partition coefficient (Wildman–Crippen LogP) is 5.29. The SMILES string of the molecule is CC(C)(C)[Si](C)(C)O[C@@H]1CCC23C=CC(=O)C[C@H]2O[C@@H](COCc2ccccc2)[C@H]13. The first-order valence-electron chi connectivity index (χ1n) is 11.3. The molecule has 0 aromatic heterocycles. The van der Waals surface area contributed by atoms with E-state index >= 15 is 0 Å². The van der Waals surface area contributed by atoms with E-state index in [1.54, 1.807) is 6.08 Å². The summed E-state index contributed by atoms with van der Waals surface area (Å²) in [5.41, 5.74) is 1.08. The van der Waals surface area contributed by atoms with Crippen molar-refractivity contribution in [2.24, 2.45) is 11.3 Å². The van der Waals surface area contributed by atoms with Gasteiger partial charge in [-0.1, -0.05) is 57.2 Å². The molecule has 5 atom stereocenters. The monoisotopic (exact) mass is 428 g/mol. The molecule has 1 aliphatic heterocycles. The van der Waals surface area contributed by atoms with E-state index in [1.807, 2.05) is 18.2 Å². The number of allylic oxidation sites excluding steroid dienone is 1. The van der Waals surface area contributed by atoms with E-state index < -0.39 is 8.32 Å². The van der Waals surface area contributed by atoms with E-state index in [0.29, 0.717) is 19.6 Å². The van der Waals surface area contributed by atoms with Crippen molar-refractivity contribution in [2.75, 3.05) is 6.61 Å². The Hall–Kier alpha value is -1.27. The molecule has 0 N–H and O–H groups in total. The third-order valence-corrected chi connectivity index (χ3v) is 12.3. The minimum Gasteiger partial charge on any atom is -0.414 e. The van der Waals surface area contributed by atoms with Gasteiger partial charge in [-0.05, 0) is 42.6 Å². The van der Waals surface area contributed by atoms with E-state index in [-0.39, 0.29) is 40.5 Å². The Morgan fingerprint density at radius 3 is 2.63 bits per heavy atom. The van der Waals surface area contributed by atoms with Crippen molar-refractivity contribution in [2.45, 2.75) is 83.1 Å². The highest BCUT2D eigenvalue weighted by Crippen LogP contribution is 2.59. The Balaban J connectivity index is 1.53. The number of carbonyl (C=O) groups is 1. The fourth-order valence-corrected chi connectivity index (χ4v) is 6.58. The van der Waals surface area contributed by atoms with Gasteiger partial charge < -0.3 is 13.9 Å². The lowest BCUT2D eigenvalue weighted by Gasteiger charge is -2.41. The van der Waals surface area contributed by atoms with E-state index in [4.69, 9.17) is 13.9 Å². The van der Waals surface area contributed by atoms with Crippen molar-refractivity contribution in [1.29, 1.82) is 0 Å². The summed E-state index contributed by atoms with van der Waals surface area (Å²) in [7, 11) is -1.90. The molecule has 164 valence electrons. The molecule has 0 bridgehead atoms. The van der Waals surface area contributed by atoms with Gasteiger partial charge in [0.25, 0.3) is 0 Å². The summed E-state index contributed by atoms with van der Waals surface area (Å²) in [4.78, 5) is 12.1. The zero-order valence-corrected chi connectivity index (χ0v) is 20.0. The van der Waals surface area contributed by atoms with Gasteiger partial charge in [0.2, 0.25) is 0 Å². The molecule has 5 heteroatoms. The molecule has 3 aliphatic rings. The van der Waals surface area contributed by atoms with E-state index in [1.165, 1.54) is 0 Å². The second-order valence-electron chi connectivity index (χ2n) is 10.8. The number of ketones is 1. The summed E-state index contributed by atoms with van der Waals surface area (Å²) < 4.78 is 19.5. The van der Waals surface area contributed by atoms with Gasteiger partial charge in [-0.25, -0.2) is 0 Å². The van der Waals surface area contributed by atoms with Crippen LogP contribution in [0.1, 0.15) is 45.6 Å². The molecule has 0 amide bonds. The Morgan fingerprint density at radius 1 is 1.20 bits per heavy atom. The molecule has 1 saturated carbocycles. The second kappa shape index (κ2) is 8.01. The molecule has 4 rings (SSSR count). The van der Waals surface area contributed by atoms with Crippen molar-refractivity contribution in [3.05, 3.63) is 48.0 Å². The highest BCUT2D eigenvalue weighted by Gasteiger charge is 2.63. The maximum atomic E-state index is 12.1. The number of rotatable bonds is 6. The van der Waals surface area contributed by atoms with Crippen LogP contribution in [0.4, 0.5) is 0 Å². The number of carbonyl (C=O) groups excluding carboxylic acids is 1. The fraction of sp³-hybridized carbons (Fsp3) is 0.640. The van der Waals surface area contributed by atoms with Crippen LogP contribution in [0.5, 0.6) is 0 Å². The van der Waals surface area contributed by atoms with Gasteiger partial charge in [0, 0.05) is 17.8 Å². The van der Waals surface area contributed by atoms with Gasteiger partial charge in [-0.15, -0.1) is 0 Å². The molecule has 1 unspecified atom stereocenters. The summed E-state index contributed by atoms with van der Waals surface area (Å²) in [5.74, 6) is 0.417. The average Bonchev–Trinajstić information content (AvgIpc) is 3.17. The van der Waals surface area contributed by atoms with Gasteiger partial charge in [0.15, 0.2) is 14.1 Å². The fourth-order valence-electron chi connectivity index (χ4n) is 5.20. The maximum absolute atomic E-state index is 12.1. The number of benzene rings is 1. The molecule has 2 aliphatic carbocycles. The number of hydrogen-bond acceptors (Lipinski definition) is 4. The third kappa shape index (κ3) is 3.97. The van der Waals surface area contributed by atoms with Gasteiger partial charge >= 0.3 is 0 Å². The zero-order valence-electron chi connectivity index (χ0n) is 19.0. The lowest BCUT2D eigenvalue weighted by Crippen LogP contribution is -2.47. The molecule has 2 fully saturated rings. The predicted molar refractivity (Wildman–Crippen MR) is 121 cm³/mol. The summed E-state index contributed by atoms with van der Waals surface area (Å²) in [6.45, 7) is 12.6. The summed E-state index contributed by atoms with van der Waals surface area (Å²) in [6, 6.07) is 10.2. The van der Waals surface area contributed by atoms with Gasteiger partial charge in [0.1, 0.15) is 0 Å². The summed E-state index contributed by atoms with van der Waals surface area (Å²) in [5, 5.41) is 0.166. The zero-order chi connectivity index (χ0) is 21.6. The first-order chi connectivity index (χ1) is 14.1. The van der Waals surface area contributed by atoms with Crippen LogP contribution in [0.25, 0.3) is 0 Å². The largest absolute Gasteiger partial charge is 0.414 e. The van der Waals surface area contributed by atoms with Crippen molar-refractivity contribution in [3.8, 4) is 0 Å². The van der Waals surface area contributed by atoms with Crippen molar-refractivity contribution in [3.63, 3.8) is 0 Å². The van der Waals surface area contributed by atoms with Crippen molar-refractivity contribution in [1.82, 2.24) is 0 Å². The van der Waals surface area contributed by atoms with Crippen molar-refractivity contribution >= 4 is 14.1 Å². The first-order valence-corrected chi connectivity index (χ1v) is 14.2. The number of ether oxygens (including phenoxy) is 2. The molecule has 1 heterocycles. The molecule has 30 heavy (non-hydrogen) atoms. The van der Waals surface area contributed by atoms with Crippen LogP contribution in [-0.4, -0.2) is 39.0 Å². The quantitative estimate of drug-likeness (QED) is 0.578. The molecule has 4 nitrogen and oxygen atoms in total. The molecule has 1 aromatic carbocycles. The first kappa shape index (κ1) is 21.9. The van der Waals surface area contributed by atoms with Crippen LogP contribution < -0.4 is 0 Å². The Morgan fingerprint density at radius 2 is 1.93 bits per heavy atom. The van der Waals surface area contributed by atoms with Gasteiger partial charge in [-0.3, -0.25) is 4.79 Å². The Kier molecular flexibility index (Phi) is 5.86. The minimum atomic E-state index is -1.90. The average molecular weight is 429 g/mol. The normalized spacial score (nSPS) is 33.6. The molecular weight excluding hydrogens is 392 g/mol. The van der Waals surface area contributed by atoms with Crippen LogP contribution in [0.15, 0.2) is 42.5 Å². The van der Waals surface area contributed by atoms with Crippen molar-refractivity contribution < 1.29 is 18.7 Å². The topological polar surface area (TPSA) is 44.8 Å². The van der Waals surface area contributed by atoms with Crippen LogP contribution in [0.3, 0.4) is 0 Å². The number of hydrogen-bond donors (Lipinski definition) is 0. The highest BCUT2D eigenvalue weighted by molar-refractivity contribution is 6.74. The van der Waals surface area contributed by atoms with E-state index in [2.05, 4.69) is 52.1 Å². The van der Waals surface area contributed by atoms with E-state index in [0.717, 1.165) is 18.4 Å². The molecule has 0 radical (unpaired) electrons. The third-order valence-electron chi connectivity index (χ3n) is 7.83. The van der Waals surface area contributed by atoms with Crippen LogP contribution in [0, 0.1) is 11.3 Å². The summed E-state index contributed by atoms with van der Waals surface area (Å²) >= 11 is 0. The lowest BCUT2D eigenvalue weighted by molar-refractivity contribution is -0.120. The van der Waals surface area contributed by atoms with Crippen LogP contribution in [0.2, 0.25) is 18.1 Å². The molecule has 1 spiro atoms. The minimum absolute atomic E-state index is 0.0356. The van der Waals surface area contributed by atoms with Gasteiger partial charge in [-0.2, -0.15) is 0 Å². The van der Waals surface area contributed by atoms with Gasteiger partial charge in [0.05, 0.1) is 31.5 Å². The molecule has 1 aromatic rings. The standard InChI is InChI=1S/C25H36O4Si/c1-24(2,3)30(4,5)29-20-12-14-25-13-11-19(26)15-22(25)28-21(23(20)25)17-27-16-18-9-7-6-8-10-18/h6-11,13,20-23H,12,14-17H2,1-5H3/t20-,21+,22-,23+,25?/m1/s1. The molecule has 1 saturated heterocycles.